The summed E-state index contributed by atoms with van der Waals surface area (Å²) in [4.78, 5) is 19.1. The van der Waals surface area contributed by atoms with E-state index in [9.17, 15) is 4.79 Å². The van der Waals surface area contributed by atoms with Crippen LogP contribution in [0, 0.1) is 5.92 Å². The summed E-state index contributed by atoms with van der Waals surface area (Å²) in [7, 11) is 2.19. The van der Waals surface area contributed by atoms with Crippen molar-refractivity contribution >= 4 is 17.6 Å². The van der Waals surface area contributed by atoms with E-state index >= 15 is 0 Å². The molecule has 1 aromatic carbocycles. The van der Waals surface area contributed by atoms with Crippen LogP contribution in [0.1, 0.15) is 24.8 Å². The molecule has 1 atom stereocenters. The molecule has 26 heavy (non-hydrogen) atoms. The number of benzene rings is 1. The number of likely N-dealkylation sites (tertiary alicyclic amines) is 1. The van der Waals surface area contributed by atoms with E-state index in [2.05, 4.69) is 28.2 Å². The van der Waals surface area contributed by atoms with Gasteiger partial charge in [-0.2, -0.15) is 0 Å². The van der Waals surface area contributed by atoms with Crippen LogP contribution in [0.3, 0.4) is 0 Å². The van der Waals surface area contributed by atoms with Crippen molar-refractivity contribution in [3.63, 3.8) is 0 Å². The highest BCUT2D eigenvalue weighted by atomic mass is 35.5. The Morgan fingerprint density at radius 1 is 1.23 bits per heavy atom. The first-order valence-electron chi connectivity index (χ1n) is 9.78. The van der Waals surface area contributed by atoms with Crippen molar-refractivity contribution in [2.75, 3.05) is 52.9 Å². The normalized spacial score (nSPS) is 22.4. The molecule has 0 aromatic heterocycles. The summed E-state index contributed by atoms with van der Waals surface area (Å²) < 4.78 is 0. The number of urea groups is 1. The predicted octanol–water partition coefficient (Wildman–Crippen LogP) is 2.90. The Kier molecular flexibility index (Phi) is 7.17. The molecule has 2 aliphatic rings. The number of rotatable bonds is 5. The van der Waals surface area contributed by atoms with Gasteiger partial charge in [-0.3, -0.25) is 4.90 Å². The summed E-state index contributed by atoms with van der Waals surface area (Å²) in [6.45, 7) is 7.46. The van der Waals surface area contributed by atoms with Gasteiger partial charge < -0.3 is 15.1 Å². The Morgan fingerprint density at radius 3 is 2.77 bits per heavy atom. The number of carbonyl (C=O) groups is 1. The zero-order chi connectivity index (χ0) is 18.4. The third-order valence-corrected chi connectivity index (χ3v) is 5.74. The minimum atomic E-state index is 0.0940. The van der Waals surface area contributed by atoms with Crippen LogP contribution in [0.4, 0.5) is 4.79 Å². The lowest BCUT2D eigenvalue weighted by atomic mass is 9.95. The molecule has 0 bridgehead atoms. The number of hydrogen-bond donors (Lipinski definition) is 1. The van der Waals surface area contributed by atoms with Crippen LogP contribution < -0.4 is 5.32 Å². The first-order valence-corrected chi connectivity index (χ1v) is 10.2. The average Bonchev–Trinajstić information content (AvgIpc) is 2.62. The summed E-state index contributed by atoms with van der Waals surface area (Å²) in [6.07, 6.45) is 3.66. The second kappa shape index (κ2) is 9.58. The summed E-state index contributed by atoms with van der Waals surface area (Å²) in [5, 5.41) is 3.90. The molecule has 3 rings (SSSR count). The maximum Gasteiger partial charge on any atom is 0.317 e. The number of halogens is 1. The average molecular weight is 379 g/mol. The van der Waals surface area contributed by atoms with Gasteiger partial charge in [-0.05, 0) is 56.5 Å². The lowest BCUT2D eigenvalue weighted by molar-refractivity contribution is 0.134. The lowest BCUT2D eigenvalue weighted by Gasteiger charge is -2.35. The fraction of sp³-hybridized carbons (Fsp3) is 0.650. The van der Waals surface area contributed by atoms with Crippen LogP contribution in [0.25, 0.3) is 0 Å². The molecule has 2 fully saturated rings. The van der Waals surface area contributed by atoms with Crippen LogP contribution in [-0.4, -0.2) is 73.6 Å². The maximum absolute atomic E-state index is 12.4. The third kappa shape index (κ3) is 5.86. The molecular weight excluding hydrogens is 348 g/mol. The molecule has 1 aromatic rings. The number of nitrogens with one attached hydrogen (secondary N) is 1. The van der Waals surface area contributed by atoms with Crippen molar-refractivity contribution in [2.24, 2.45) is 5.92 Å². The van der Waals surface area contributed by atoms with E-state index in [4.69, 9.17) is 11.6 Å². The molecule has 1 unspecified atom stereocenters. The van der Waals surface area contributed by atoms with Gasteiger partial charge in [0.05, 0.1) is 0 Å². The Labute approximate surface area is 162 Å². The lowest BCUT2D eigenvalue weighted by Crippen LogP contribution is -2.51. The van der Waals surface area contributed by atoms with E-state index in [1.54, 1.807) is 0 Å². The van der Waals surface area contributed by atoms with Crippen molar-refractivity contribution in [3.05, 3.63) is 34.9 Å². The fourth-order valence-corrected chi connectivity index (χ4v) is 4.22. The molecule has 144 valence electrons. The van der Waals surface area contributed by atoms with Gasteiger partial charge in [-0.1, -0.05) is 23.7 Å². The highest BCUT2D eigenvalue weighted by Gasteiger charge is 2.22. The minimum Gasteiger partial charge on any atom is -0.338 e. The number of carbonyl (C=O) groups excluding carboxylic acids is 1. The molecule has 6 heteroatoms. The summed E-state index contributed by atoms with van der Waals surface area (Å²) in [5.41, 5.74) is 1.23. The number of hydrogen-bond acceptors (Lipinski definition) is 3. The molecule has 2 heterocycles. The monoisotopic (exact) mass is 378 g/mol. The second-order valence-electron chi connectivity index (χ2n) is 7.68. The summed E-state index contributed by atoms with van der Waals surface area (Å²) in [5.74, 6) is 0.726. The van der Waals surface area contributed by atoms with E-state index in [0.29, 0.717) is 0 Å². The molecule has 0 saturated carbocycles. The Morgan fingerprint density at radius 2 is 2.04 bits per heavy atom. The van der Waals surface area contributed by atoms with Gasteiger partial charge in [0.25, 0.3) is 0 Å². The van der Waals surface area contributed by atoms with E-state index in [0.717, 1.165) is 63.2 Å². The zero-order valence-electron chi connectivity index (χ0n) is 15.8. The van der Waals surface area contributed by atoms with E-state index < -0.39 is 0 Å². The quantitative estimate of drug-likeness (QED) is 0.856. The Hall–Kier alpha value is -1.30. The number of piperazine rings is 1. The fourth-order valence-electron chi connectivity index (χ4n) is 4.01. The van der Waals surface area contributed by atoms with Crippen LogP contribution in [-0.2, 0) is 6.54 Å². The molecule has 1 N–H and O–H groups in total. The molecular formula is C20H31ClN4O. The van der Waals surface area contributed by atoms with Crippen molar-refractivity contribution in [3.8, 4) is 0 Å². The highest BCUT2D eigenvalue weighted by molar-refractivity contribution is 6.30. The largest absolute Gasteiger partial charge is 0.338 e. The van der Waals surface area contributed by atoms with Crippen LogP contribution >= 0.6 is 11.6 Å². The standard InChI is InChI=1S/C20H31ClN4O/c1-23-9-3-5-17(15-23)7-8-22-20(26)25-12-10-24(11-13-25)16-18-4-2-6-19(21)14-18/h2,4,6,14,17H,3,5,7-13,15-16H2,1H3,(H,22,26). The highest BCUT2D eigenvalue weighted by Crippen LogP contribution is 2.18. The first kappa shape index (κ1) is 19.5. The van der Waals surface area contributed by atoms with Crippen LogP contribution in [0.15, 0.2) is 24.3 Å². The van der Waals surface area contributed by atoms with Crippen molar-refractivity contribution in [2.45, 2.75) is 25.8 Å². The van der Waals surface area contributed by atoms with Gasteiger partial charge >= 0.3 is 6.03 Å². The van der Waals surface area contributed by atoms with Gasteiger partial charge in [-0.15, -0.1) is 0 Å². The van der Waals surface area contributed by atoms with E-state index in [1.807, 2.05) is 23.1 Å². The van der Waals surface area contributed by atoms with Gasteiger partial charge in [0.1, 0.15) is 0 Å². The molecule has 2 amide bonds. The van der Waals surface area contributed by atoms with Gasteiger partial charge in [0, 0.05) is 50.8 Å². The molecule has 5 nitrogen and oxygen atoms in total. The minimum absolute atomic E-state index is 0.0940. The van der Waals surface area contributed by atoms with Crippen LogP contribution in [0.2, 0.25) is 5.02 Å². The molecule has 2 aliphatic heterocycles. The Balaban J connectivity index is 1.34. The number of piperidine rings is 1. The number of nitrogens with zero attached hydrogens (tertiary/aromatic N) is 3. The van der Waals surface area contributed by atoms with Gasteiger partial charge in [0.15, 0.2) is 0 Å². The SMILES string of the molecule is CN1CCCC(CCNC(=O)N2CCN(Cc3cccc(Cl)c3)CC2)C1. The Bertz CT molecular complexity index is 589. The van der Waals surface area contributed by atoms with Crippen molar-refractivity contribution < 1.29 is 4.79 Å². The van der Waals surface area contributed by atoms with Gasteiger partial charge in [-0.25, -0.2) is 4.79 Å². The van der Waals surface area contributed by atoms with E-state index in [-0.39, 0.29) is 6.03 Å². The predicted molar refractivity (Wildman–Crippen MR) is 107 cm³/mol. The van der Waals surface area contributed by atoms with Crippen molar-refractivity contribution in [1.29, 1.82) is 0 Å². The molecule has 2 saturated heterocycles. The topological polar surface area (TPSA) is 38.8 Å². The zero-order valence-corrected chi connectivity index (χ0v) is 16.5. The smallest absolute Gasteiger partial charge is 0.317 e. The summed E-state index contributed by atoms with van der Waals surface area (Å²) in [6, 6.07) is 8.11. The summed E-state index contributed by atoms with van der Waals surface area (Å²) >= 11 is 6.06. The van der Waals surface area contributed by atoms with Gasteiger partial charge in [0.2, 0.25) is 0 Å². The number of amides is 2. The van der Waals surface area contributed by atoms with Crippen molar-refractivity contribution in [1.82, 2.24) is 20.0 Å². The third-order valence-electron chi connectivity index (χ3n) is 5.51. The van der Waals surface area contributed by atoms with Crippen LogP contribution in [0.5, 0.6) is 0 Å². The molecule has 0 spiro atoms. The van der Waals surface area contributed by atoms with E-state index in [1.165, 1.54) is 24.9 Å². The first-order chi connectivity index (χ1) is 12.6. The second-order valence-corrected chi connectivity index (χ2v) is 8.12. The maximum atomic E-state index is 12.4. The molecule has 0 radical (unpaired) electrons. The molecule has 0 aliphatic carbocycles.